The van der Waals surface area contributed by atoms with Crippen molar-refractivity contribution >= 4 is 76.1 Å². The van der Waals surface area contributed by atoms with Gasteiger partial charge < -0.3 is 19.1 Å². The minimum absolute atomic E-state index is 0. The Morgan fingerprint density at radius 2 is 1.04 bits per heavy atom. The van der Waals surface area contributed by atoms with Crippen LogP contribution in [0.25, 0.3) is 81.2 Å². The average Bonchev–Trinajstić information content (AvgIpc) is 1.52. The summed E-state index contributed by atoms with van der Waals surface area (Å²) in [5.74, 6) is -0.270. The molecule has 0 aliphatic carbocycles. The molecule has 3 aromatic heterocycles. The second-order valence-electron chi connectivity index (χ2n) is 31.6. The quantitative estimate of drug-likeness (QED) is 0.128. The van der Waals surface area contributed by atoms with E-state index in [9.17, 15) is 2.74 Å². The fourth-order valence-corrected chi connectivity index (χ4v) is 14.9. The molecular weight excluding hydrogens is 1340 g/mol. The molecule has 0 N–H and O–H groups in total. The third-order valence-corrected chi connectivity index (χ3v) is 20.1. The molecule has 0 unspecified atom stereocenters. The summed E-state index contributed by atoms with van der Waals surface area (Å²) in [7, 11) is 0. The zero-order valence-electron chi connectivity index (χ0n) is 60.7. The number of aromatic nitrogens is 2. The summed E-state index contributed by atoms with van der Waals surface area (Å²) >= 11 is 1.83. The molecule has 0 radical (unpaired) electrons. The number of fused-ring (bicyclic) bond motifs is 8. The molecule has 0 fully saturated rings. The fraction of sp³-hybridized carbons (Fsp3) is 0.310. The Hall–Kier alpha value is -7.76. The van der Waals surface area contributed by atoms with Gasteiger partial charge in [0.2, 0.25) is 0 Å². The Kier molecular flexibility index (Phi) is 16.3. The van der Waals surface area contributed by atoms with Gasteiger partial charge in [-0.05, 0) is 143 Å². The summed E-state index contributed by atoms with van der Waals surface area (Å²) in [6, 6.07) is 67.7. The van der Waals surface area contributed by atoms with Crippen molar-refractivity contribution in [1.29, 1.82) is 0 Å². The van der Waals surface area contributed by atoms with E-state index in [-0.39, 0.29) is 48.1 Å². The van der Waals surface area contributed by atoms with E-state index in [1.165, 1.54) is 48.0 Å². The van der Waals surface area contributed by atoms with Crippen molar-refractivity contribution < 1.29 is 28.5 Å². The van der Waals surface area contributed by atoms with E-state index >= 15 is 0 Å². The number of hydrogen-bond acceptors (Lipinski definition) is 5. The van der Waals surface area contributed by atoms with Crippen molar-refractivity contribution in [2.24, 2.45) is 0 Å². The van der Waals surface area contributed by atoms with Crippen LogP contribution in [0.4, 0.5) is 22.7 Å². The van der Waals surface area contributed by atoms with Crippen LogP contribution in [-0.2, 0) is 48.1 Å². The fourth-order valence-electron chi connectivity index (χ4n) is 13.6. The first-order valence-corrected chi connectivity index (χ1v) is 33.9. The molecule has 13 rings (SSSR count). The standard InChI is InChI=1S/C87H91N4OS.Pt/c1-52(2)65-28-25-29-66(53(3)4)79(65)57-43-62(47-64(44-57)92-63-35-36-71-76(48-63)91(78-49-72(87(18,19)20)54(5)50-88-78)75-38-37-70-69-27-21-24-34-77(69)93-82(70)80(71)75)89-51-90(74-33-23-22-32-73(74)89)81-67(55-39-58(83(6,7)8)45-59(40-55)84(9,10)11)30-26-31-68(81)56-41-60(85(12,13)14)46-61(42-56)86(15,16)17;/h21-46,49-53H,1-20H3;/q-3;/i52D,53D;. The van der Waals surface area contributed by atoms with Gasteiger partial charge in [0, 0.05) is 95.4 Å². The predicted octanol–water partition coefficient (Wildman–Crippen LogP) is 25.4. The summed E-state index contributed by atoms with van der Waals surface area (Å²) in [5, 5.41) is 4.68. The Labute approximate surface area is 581 Å². The molecule has 484 valence electrons. The molecule has 0 saturated carbocycles. The number of benzene rings is 9. The van der Waals surface area contributed by atoms with Crippen molar-refractivity contribution in [2.45, 2.75) is 177 Å². The van der Waals surface area contributed by atoms with E-state index in [1.54, 1.807) is 0 Å². The van der Waals surface area contributed by atoms with E-state index < -0.39 is 11.8 Å². The topological polar surface area (TPSA) is 33.5 Å². The minimum Gasteiger partial charge on any atom is -0.509 e. The summed E-state index contributed by atoms with van der Waals surface area (Å²) in [6.07, 6.45) is 2.00. The Bertz CT molecular complexity index is 4850. The zero-order valence-corrected chi connectivity index (χ0v) is 61.8. The molecule has 0 bridgehead atoms. The number of anilines is 4. The van der Waals surface area contributed by atoms with Gasteiger partial charge >= 0.3 is 0 Å². The monoisotopic (exact) mass is 1440 g/mol. The first kappa shape index (κ1) is 63.6. The van der Waals surface area contributed by atoms with Gasteiger partial charge in [-0.3, -0.25) is 0 Å². The van der Waals surface area contributed by atoms with Crippen molar-refractivity contribution in [3.8, 4) is 50.7 Å². The number of nitrogens with zero attached hydrogens (tertiary/aromatic N) is 4. The molecule has 94 heavy (non-hydrogen) atoms. The molecule has 5 nitrogen and oxygen atoms in total. The Morgan fingerprint density at radius 3 is 1.60 bits per heavy atom. The second kappa shape index (κ2) is 24.2. The van der Waals surface area contributed by atoms with Gasteiger partial charge in [-0.15, -0.1) is 65.0 Å². The third-order valence-electron chi connectivity index (χ3n) is 18.9. The molecular formula is C87H91N4OPtS-3. The normalized spacial score (nSPS) is 13.9. The van der Waals surface area contributed by atoms with Crippen LogP contribution in [-0.4, -0.2) is 9.55 Å². The van der Waals surface area contributed by atoms with Crippen LogP contribution >= 0.6 is 11.3 Å². The maximum Gasteiger partial charge on any atom is 0.135 e. The molecule has 1 aliphatic rings. The molecule has 0 saturated heterocycles. The number of pyridine rings is 1. The van der Waals surface area contributed by atoms with Crippen molar-refractivity contribution in [3.05, 3.63) is 233 Å². The van der Waals surface area contributed by atoms with Crippen LogP contribution < -0.4 is 14.5 Å². The maximum absolute atomic E-state index is 9.73. The van der Waals surface area contributed by atoms with E-state index in [0.717, 1.165) is 100 Å². The first-order chi connectivity index (χ1) is 44.4. The second-order valence-corrected chi connectivity index (χ2v) is 32.6. The number of thiophene rings is 1. The van der Waals surface area contributed by atoms with Crippen molar-refractivity contribution in [3.63, 3.8) is 0 Å². The predicted molar refractivity (Wildman–Crippen MR) is 400 cm³/mol. The average molecular weight is 1440 g/mol. The van der Waals surface area contributed by atoms with Gasteiger partial charge in [0.25, 0.3) is 0 Å². The van der Waals surface area contributed by atoms with Crippen molar-refractivity contribution in [1.82, 2.24) is 9.55 Å². The molecule has 1 aliphatic heterocycles. The summed E-state index contributed by atoms with van der Waals surface area (Å²) in [4.78, 5) is 9.84. The van der Waals surface area contributed by atoms with Crippen LogP contribution in [0, 0.1) is 25.7 Å². The Morgan fingerprint density at radius 1 is 0.511 bits per heavy atom. The van der Waals surface area contributed by atoms with Gasteiger partial charge in [0.05, 0.1) is 0 Å². The number of hydrogen-bond donors (Lipinski definition) is 0. The number of aryl methyl sites for hydroxylation is 1. The van der Waals surface area contributed by atoms with Gasteiger partial charge in [0.15, 0.2) is 0 Å². The van der Waals surface area contributed by atoms with Gasteiger partial charge in [-0.2, -0.15) is 6.07 Å². The van der Waals surface area contributed by atoms with Crippen LogP contribution in [0.5, 0.6) is 11.5 Å². The first-order valence-electron chi connectivity index (χ1n) is 34.1. The zero-order chi connectivity index (χ0) is 68.0. The smallest absolute Gasteiger partial charge is 0.135 e. The van der Waals surface area contributed by atoms with Gasteiger partial charge in [-0.1, -0.05) is 246 Å². The minimum atomic E-state index is -1.03. The van der Waals surface area contributed by atoms with Crippen LogP contribution in [0.3, 0.4) is 0 Å². The largest absolute Gasteiger partial charge is 0.509 e. The summed E-state index contributed by atoms with van der Waals surface area (Å²) in [6.45, 7) is 46.7. The van der Waals surface area contributed by atoms with E-state index in [1.807, 2.05) is 75.6 Å². The van der Waals surface area contributed by atoms with E-state index in [0.29, 0.717) is 11.5 Å². The number of rotatable bonds is 10. The van der Waals surface area contributed by atoms with Gasteiger partial charge in [0.1, 0.15) is 5.82 Å². The van der Waals surface area contributed by atoms with E-state index in [2.05, 4.69) is 277 Å². The third kappa shape index (κ3) is 12.1. The molecule has 4 heterocycles. The molecule has 9 aromatic carbocycles. The Balaban J connectivity index is 0.00000881. The number of para-hydroxylation sites is 3. The number of ether oxygens (including phenoxy) is 1. The van der Waals surface area contributed by atoms with Crippen LogP contribution in [0.15, 0.2) is 170 Å². The molecule has 0 spiro atoms. The summed E-state index contributed by atoms with van der Waals surface area (Å²) in [5.41, 5.74) is 20.4. The van der Waals surface area contributed by atoms with Crippen LogP contribution in [0.2, 0.25) is 0 Å². The molecule has 0 amide bonds. The SMILES string of the molecule is [2H]C(C)(C)c1cccc(C([2H])(C)C)c1-c1cc(Oc2[c-]c3c(cc2)c2c4sc5ccccc5c4ccc2n3-c2cc(C(C)(C)C)c(C)cn2)[c-]c(N2[CH-]N(c3c(-c4cc(C(C)(C)C)cc(C(C)(C)C)c4)cccc3-c3cc(C(C)(C)C)cc(C(C)(C)C)c3)c3ccccc32)c1.[Pt]. The van der Waals surface area contributed by atoms with Crippen LogP contribution in [0.1, 0.15) is 191 Å². The van der Waals surface area contributed by atoms with E-state index in [4.69, 9.17) is 9.72 Å². The molecule has 0 atom stereocenters. The van der Waals surface area contributed by atoms with Crippen molar-refractivity contribution in [2.75, 3.05) is 9.80 Å². The van der Waals surface area contributed by atoms with Gasteiger partial charge in [-0.25, -0.2) is 4.98 Å². The maximum atomic E-state index is 9.73. The summed E-state index contributed by atoms with van der Waals surface area (Å²) < 4.78 is 31.5. The molecule has 12 aromatic rings. The molecule has 7 heteroatoms.